The Labute approximate surface area is 195 Å². The molecular formula is C25H22N6OS. The van der Waals surface area contributed by atoms with Gasteiger partial charge in [0.2, 0.25) is 0 Å². The fraction of sp³-hybridized carbons (Fsp3) is 0.160. The standard InChI is InChI=1S/C25H22N6OS/c1-15-8-9-19(14-16(15)2)31-23(18-10-12-26-13-11-18)29-30-25(31)33-17(3)22-27-21-7-5-4-6-20(21)24(32)28-22/h4-14,17H,1-3H3,(H,27,28,32). The summed E-state index contributed by atoms with van der Waals surface area (Å²) in [6.45, 7) is 6.19. The molecule has 7 nitrogen and oxygen atoms in total. The van der Waals surface area contributed by atoms with Crippen LogP contribution in [-0.2, 0) is 0 Å². The Morgan fingerprint density at radius 2 is 1.76 bits per heavy atom. The molecule has 0 saturated carbocycles. The Hall–Kier alpha value is -3.78. The number of aromatic nitrogens is 6. The third-order valence-electron chi connectivity index (χ3n) is 5.62. The minimum Gasteiger partial charge on any atom is -0.309 e. The predicted octanol–water partition coefficient (Wildman–Crippen LogP) is 5.04. The maximum absolute atomic E-state index is 12.6. The van der Waals surface area contributed by atoms with Gasteiger partial charge in [0.25, 0.3) is 5.56 Å². The van der Waals surface area contributed by atoms with Crippen molar-refractivity contribution in [2.45, 2.75) is 31.2 Å². The van der Waals surface area contributed by atoms with E-state index in [1.807, 2.05) is 41.8 Å². The van der Waals surface area contributed by atoms with Gasteiger partial charge in [-0.3, -0.25) is 14.3 Å². The summed E-state index contributed by atoms with van der Waals surface area (Å²) in [5.74, 6) is 1.33. The summed E-state index contributed by atoms with van der Waals surface area (Å²) in [5, 5.41) is 10.2. The van der Waals surface area contributed by atoms with E-state index in [2.05, 4.69) is 57.2 Å². The second-order valence-electron chi connectivity index (χ2n) is 7.87. The number of benzene rings is 2. The summed E-state index contributed by atoms with van der Waals surface area (Å²) in [7, 11) is 0. The molecule has 164 valence electrons. The van der Waals surface area contributed by atoms with Crippen LogP contribution in [0.5, 0.6) is 0 Å². The van der Waals surface area contributed by atoms with Crippen LogP contribution >= 0.6 is 11.8 Å². The van der Waals surface area contributed by atoms with Crippen LogP contribution in [0.15, 0.2) is 76.9 Å². The van der Waals surface area contributed by atoms with Crippen LogP contribution in [0.2, 0.25) is 0 Å². The van der Waals surface area contributed by atoms with Crippen molar-refractivity contribution in [2.24, 2.45) is 0 Å². The molecule has 1 atom stereocenters. The number of aromatic amines is 1. The molecule has 0 radical (unpaired) electrons. The van der Waals surface area contributed by atoms with Crippen molar-refractivity contribution >= 4 is 22.7 Å². The number of fused-ring (bicyclic) bond motifs is 1. The molecular weight excluding hydrogens is 432 g/mol. The average Bonchev–Trinajstić information content (AvgIpc) is 3.25. The van der Waals surface area contributed by atoms with E-state index in [9.17, 15) is 4.79 Å². The lowest BCUT2D eigenvalue weighted by Crippen LogP contribution is -2.13. The van der Waals surface area contributed by atoms with Crippen molar-refractivity contribution in [1.82, 2.24) is 29.7 Å². The Balaban J connectivity index is 1.59. The molecule has 0 saturated heterocycles. The summed E-state index contributed by atoms with van der Waals surface area (Å²) in [6, 6.07) is 17.5. The highest BCUT2D eigenvalue weighted by Crippen LogP contribution is 2.36. The van der Waals surface area contributed by atoms with E-state index in [4.69, 9.17) is 0 Å². The molecule has 3 aromatic heterocycles. The van der Waals surface area contributed by atoms with Gasteiger partial charge in [0.1, 0.15) is 5.82 Å². The van der Waals surface area contributed by atoms with Gasteiger partial charge in [0.15, 0.2) is 11.0 Å². The normalized spacial score (nSPS) is 12.2. The number of nitrogens with one attached hydrogen (secondary N) is 1. The van der Waals surface area contributed by atoms with Crippen molar-refractivity contribution < 1.29 is 0 Å². The monoisotopic (exact) mass is 454 g/mol. The highest BCUT2D eigenvalue weighted by atomic mass is 32.2. The van der Waals surface area contributed by atoms with Crippen molar-refractivity contribution in [3.63, 3.8) is 0 Å². The van der Waals surface area contributed by atoms with Gasteiger partial charge in [0.05, 0.1) is 21.8 Å². The largest absolute Gasteiger partial charge is 0.309 e. The van der Waals surface area contributed by atoms with E-state index in [0.29, 0.717) is 21.9 Å². The van der Waals surface area contributed by atoms with Gasteiger partial charge in [-0.1, -0.05) is 30.0 Å². The highest BCUT2D eigenvalue weighted by Gasteiger charge is 2.21. The van der Waals surface area contributed by atoms with E-state index in [-0.39, 0.29) is 10.8 Å². The lowest BCUT2D eigenvalue weighted by molar-refractivity contribution is 0.861. The third kappa shape index (κ3) is 4.05. The molecule has 0 aliphatic carbocycles. The molecule has 0 spiro atoms. The molecule has 1 N–H and O–H groups in total. The second kappa shape index (κ2) is 8.63. The smallest absolute Gasteiger partial charge is 0.258 e. The van der Waals surface area contributed by atoms with Gasteiger partial charge in [-0.2, -0.15) is 0 Å². The maximum atomic E-state index is 12.6. The first-order valence-corrected chi connectivity index (χ1v) is 11.5. The van der Waals surface area contributed by atoms with Crippen LogP contribution in [-0.4, -0.2) is 29.7 Å². The van der Waals surface area contributed by atoms with E-state index in [0.717, 1.165) is 17.1 Å². The number of para-hydroxylation sites is 1. The zero-order valence-corrected chi connectivity index (χ0v) is 19.3. The van der Waals surface area contributed by atoms with Crippen LogP contribution in [0.3, 0.4) is 0 Å². The van der Waals surface area contributed by atoms with Gasteiger partial charge >= 0.3 is 0 Å². The Kier molecular flexibility index (Phi) is 5.51. The minimum atomic E-state index is -0.151. The van der Waals surface area contributed by atoms with Gasteiger partial charge in [0, 0.05) is 18.0 Å². The molecule has 33 heavy (non-hydrogen) atoms. The molecule has 2 aromatic carbocycles. The fourth-order valence-corrected chi connectivity index (χ4v) is 4.57. The zero-order valence-electron chi connectivity index (χ0n) is 18.5. The minimum absolute atomic E-state index is 0.142. The average molecular weight is 455 g/mol. The number of aryl methyl sites for hydroxylation is 2. The van der Waals surface area contributed by atoms with Crippen LogP contribution < -0.4 is 5.56 Å². The first kappa shape index (κ1) is 21.1. The van der Waals surface area contributed by atoms with Gasteiger partial charge < -0.3 is 4.98 Å². The molecule has 5 rings (SSSR count). The van der Waals surface area contributed by atoms with E-state index in [1.54, 1.807) is 18.5 Å². The van der Waals surface area contributed by atoms with Crippen LogP contribution in [0, 0.1) is 13.8 Å². The summed E-state index contributed by atoms with van der Waals surface area (Å²) in [6.07, 6.45) is 3.49. The molecule has 0 aliphatic rings. The Morgan fingerprint density at radius 3 is 2.55 bits per heavy atom. The summed E-state index contributed by atoms with van der Waals surface area (Å²) >= 11 is 1.50. The van der Waals surface area contributed by atoms with Crippen molar-refractivity contribution in [1.29, 1.82) is 0 Å². The molecule has 0 amide bonds. The lowest BCUT2D eigenvalue weighted by Gasteiger charge is -2.15. The van der Waals surface area contributed by atoms with Crippen LogP contribution in [0.1, 0.15) is 29.1 Å². The zero-order chi connectivity index (χ0) is 22.9. The van der Waals surface area contributed by atoms with Crippen LogP contribution in [0.4, 0.5) is 0 Å². The number of rotatable bonds is 5. The van der Waals surface area contributed by atoms with Crippen molar-refractivity contribution in [3.05, 3.63) is 94.3 Å². The van der Waals surface area contributed by atoms with Crippen molar-refractivity contribution in [3.8, 4) is 17.1 Å². The summed E-state index contributed by atoms with van der Waals surface area (Å²) in [4.78, 5) is 24.3. The molecule has 5 aromatic rings. The number of H-pyrrole nitrogens is 1. The molecule has 1 unspecified atom stereocenters. The van der Waals surface area contributed by atoms with Gasteiger partial charge in [-0.15, -0.1) is 10.2 Å². The Bertz CT molecular complexity index is 1510. The molecule has 3 heterocycles. The molecule has 0 aliphatic heterocycles. The maximum Gasteiger partial charge on any atom is 0.258 e. The van der Waals surface area contributed by atoms with Crippen LogP contribution in [0.25, 0.3) is 28.0 Å². The molecule has 0 fully saturated rings. The topological polar surface area (TPSA) is 89.4 Å². The van der Waals surface area contributed by atoms with Gasteiger partial charge in [-0.25, -0.2) is 4.98 Å². The number of pyridine rings is 1. The number of thioether (sulfide) groups is 1. The SMILES string of the molecule is Cc1ccc(-n2c(SC(C)c3nc4ccccc4c(=O)[nH]3)nnc2-c2ccncc2)cc1C. The lowest BCUT2D eigenvalue weighted by atomic mass is 10.1. The summed E-state index contributed by atoms with van der Waals surface area (Å²) < 4.78 is 2.04. The second-order valence-corrected chi connectivity index (χ2v) is 9.18. The van der Waals surface area contributed by atoms with E-state index in [1.165, 1.54) is 22.9 Å². The fourth-order valence-electron chi connectivity index (χ4n) is 3.64. The third-order valence-corrected chi connectivity index (χ3v) is 6.67. The van der Waals surface area contributed by atoms with Gasteiger partial charge in [-0.05, 0) is 68.3 Å². The number of hydrogen-bond donors (Lipinski definition) is 1. The highest BCUT2D eigenvalue weighted by molar-refractivity contribution is 7.99. The van der Waals surface area contributed by atoms with Crippen molar-refractivity contribution in [2.75, 3.05) is 0 Å². The first-order valence-electron chi connectivity index (χ1n) is 10.6. The molecule has 0 bridgehead atoms. The quantitative estimate of drug-likeness (QED) is 0.375. The predicted molar refractivity (Wildman–Crippen MR) is 131 cm³/mol. The number of hydrogen-bond acceptors (Lipinski definition) is 6. The Morgan fingerprint density at radius 1 is 0.970 bits per heavy atom. The van der Waals surface area contributed by atoms with E-state index < -0.39 is 0 Å². The number of nitrogens with zero attached hydrogens (tertiary/aromatic N) is 5. The van der Waals surface area contributed by atoms with E-state index >= 15 is 0 Å². The summed E-state index contributed by atoms with van der Waals surface area (Å²) in [5.41, 5.74) is 4.84. The first-order chi connectivity index (χ1) is 16.0. The molecule has 8 heteroatoms.